The number of carbonyl (C=O) groups excluding carboxylic acids is 1. The third-order valence-electron chi connectivity index (χ3n) is 2.56. The van der Waals surface area contributed by atoms with Crippen LogP contribution in [0.15, 0.2) is 22.7 Å². The Bertz CT molecular complexity index is 370. The minimum absolute atomic E-state index is 0.466. The second-order valence-electron chi connectivity index (χ2n) is 3.74. The monoisotopic (exact) mass is 301 g/mol. The van der Waals surface area contributed by atoms with Crippen molar-refractivity contribution in [3.05, 3.63) is 28.2 Å². The maximum Gasteiger partial charge on any atom is 0.150 e. The van der Waals surface area contributed by atoms with Gasteiger partial charge in [-0.25, -0.2) is 0 Å². The summed E-state index contributed by atoms with van der Waals surface area (Å²) in [6, 6.07) is 6.14. The van der Waals surface area contributed by atoms with E-state index in [4.69, 9.17) is 0 Å². The van der Waals surface area contributed by atoms with Crippen molar-refractivity contribution in [3.8, 4) is 0 Å². The molecule has 1 unspecified atom stereocenters. The van der Waals surface area contributed by atoms with Crippen LogP contribution in [-0.2, 0) is 0 Å². The number of hydrogen-bond donors (Lipinski definition) is 0. The van der Waals surface area contributed by atoms with Crippen molar-refractivity contribution >= 4 is 39.7 Å². The highest BCUT2D eigenvalue weighted by Gasteiger charge is 2.12. The van der Waals surface area contributed by atoms with Crippen molar-refractivity contribution < 1.29 is 4.79 Å². The van der Waals surface area contributed by atoms with E-state index in [-0.39, 0.29) is 0 Å². The summed E-state index contributed by atoms with van der Waals surface area (Å²) in [5.74, 6) is 1.08. The molecular weight excluding hydrogens is 286 g/mol. The van der Waals surface area contributed by atoms with E-state index in [1.54, 1.807) is 0 Å². The SMILES string of the molecule is CSCC(C)N(C)c1ccc(C=O)cc1Br. The molecule has 1 rings (SSSR count). The van der Waals surface area contributed by atoms with Gasteiger partial charge >= 0.3 is 0 Å². The molecule has 1 aromatic carbocycles. The molecule has 0 amide bonds. The van der Waals surface area contributed by atoms with Crippen LogP contribution in [0.5, 0.6) is 0 Å². The van der Waals surface area contributed by atoms with Crippen molar-refractivity contribution in [1.29, 1.82) is 0 Å². The molecule has 0 aliphatic rings. The zero-order chi connectivity index (χ0) is 12.1. The Morgan fingerprint density at radius 3 is 2.75 bits per heavy atom. The summed E-state index contributed by atoms with van der Waals surface area (Å²) in [7, 11) is 2.07. The second kappa shape index (κ2) is 6.30. The predicted octanol–water partition coefficient (Wildman–Crippen LogP) is 3.45. The van der Waals surface area contributed by atoms with Gasteiger partial charge in [-0.2, -0.15) is 11.8 Å². The lowest BCUT2D eigenvalue weighted by molar-refractivity contribution is 0.112. The van der Waals surface area contributed by atoms with E-state index in [0.717, 1.165) is 22.2 Å². The molecule has 0 radical (unpaired) electrons. The Labute approximate surface area is 110 Å². The molecule has 0 bridgehead atoms. The average molecular weight is 302 g/mol. The van der Waals surface area contributed by atoms with Crippen molar-refractivity contribution in [3.63, 3.8) is 0 Å². The topological polar surface area (TPSA) is 20.3 Å². The lowest BCUT2D eigenvalue weighted by Gasteiger charge is -2.27. The molecule has 0 spiro atoms. The van der Waals surface area contributed by atoms with Gasteiger partial charge in [-0.15, -0.1) is 0 Å². The minimum atomic E-state index is 0.466. The number of hydrogen-bond acceptors (Lipinski definition) is 3. The van der Waals surface area contributed by atoms with E-state index in [0.29, 0.717) is 11.6 Å². The minimum Gasteiger partial charge on any atom is -0.370 e. The zero-order valence-corrected chi connectivity index (χ0v) is 12.1. The molecule has 0 saturated carbocycles. The number of halogens is 1. The number of aldehydes is 1. The highest BCUT2D eigenvalue weighted by atomic mass is 79.9. The Balaban J connectivity index is 2.91. The van der Waals surface area contributed by atoms with Gasteiger partial charge in [-0.1, -0.05) is 0 Å². The number of rotatable bonds is 5. The zero-order valence-electron chi connectivity index (χ0n) is 9.74. The number of nitrogens with zero attached hydrogens (tertiary/aromatic N) is 1. The van der Waals surface area contributed by atoms with Gasteiger partial charge in [-0.05, 0) is 47.3 Å². The van der Waals surface area contributed by atoms with E-state index in [9.17, 15) is 4.79 Å². The summed E-state index contributed by atoms with van der Waals surface area (Å²) < 4.78 is 0.965. The van der Waals surface area contributed by atoms with Gasteiger partial charge in [0, 0.05) is 28.9 Å². The van der Waals surface area contributed by atoms with Crippen molar-refractivity contribution in [2.45, 2.75) is 13.0 Å². The molecule has 0 saturated heterocycles. The van der Waals surface area contributed by atoms with E-state index < -0.39 is 0 Å². The Kier molecular flexibility index (Phi) is 5.35. The molecule has 1 atom stereocenters. The number of anilines is 1. The van der Waals surface area contributed by atoms with Crippen LogP contribution >= 0.6 is 27.7 Å². The normalized spacial score (nSPS) is 12.2. The van der Waals surface area contributed by atoms with E-state index in [1.165, 1.54) is 0 Å². The Hall–Kier alpha value is -0.480. The van der Waals surface area contributed by atoms with Gasteiger partial charge in [-0.3, -0.25) is 4.79 Å². The van der Waals surface area contributed by atoms with Crippen molar-refractivity contribution in [1.82, 2.24) is 0 Å². The summed E-state index contributed by atoms with van der Waals surface area (Å²) in [6.45, 7) is 2.19. The van der Waals surface area contributed by atoms with Gasteiger partial charge < -0.3 is 4.90 Å². The highest BCUT2D eigenvalue weighted by molar-refractivity contribution is 9.10. The van der Waals surface area contributed by atoms with Crippen molar-refractivity contribution in [2.75, 3.05) is 24.0 Å². The molecule has 0 aromatic heterocycles. The van der Waals surface area contributed by atoms with Crippen LogP contribution in [0.3, 0.4) is 0 Å². The fourth-order valence-corrected chi connectivity index (χ4v) is 2.86. The first-order chi connectivity index (χ1) is 7.60. The molecule has 1 aromatic rings. The van der Waals surface area contributed by atoms with Gasteiger partial charge in [0.1, 0.15) is 6.29 Å². The van der Waals surface area contributed by atoms with E-state index >= 15 is 0 Å². The Morgan fingerprint density at radius 2 is 2.25 bits per heavy atom. The molecule has 0 aliphatic carbocycles. The maximum absolute atomic E-state index is 10.6. The predicted molar refractivity (Wildman–Crippen MR) is 75.8 cm³/mol. The second-order valence-corrected chi connectivity index (χ2v) is 5.51. The van der Waals surface area contributed by atoms with Gasteiger partial charge in [0.2, 0.25) is 0 Å². The van der Waals surface area contributed by atoms with Crippen molar-refractivity contribution in [2.24, 2.45) is 0 Å². The first-order valence-electron chi connectivity index (χ1n) is 5.06. The summed E-state index contributed by atoms with van der Waals surface area (Å²) in [5, 5.41) is 0. The van der Waals surface area contributed by atoms with Crippen LogP contribution in [0, 0.1) is 0 Å². The highest BCUT2D eigenvalue weighted by Crippen LogP contribution is 2.27. The number of carbonyl (C=O) groups is 1. The summed E-state index contributed by atoms with van der Waals surface area (Å²) in [5.41, 5.74) is 1.81. The summed E-state index contributed by atoms with van der Waals surface area (Å²) in [4.78, 5) is 12.9. The van der Waals surface area contributed by atoms with Gasteiger partial charge in [0.25, 0.3) is 0 Å². The van der Waals surface area contributed by atoms with Crippen LogP contribution in [-0.4, -0.2) is 31.4 Å². The average Bonchev–Trinajstić information content (AvgIpc) is 2.28. The standard InChI is InChI=1S/C12H16BrNOS/c1-9(8-16-3)14(2)12-5-4-10(7-15)6-11(12)13/h4-7,9H,8H2,1-3H3. The van der Waals surface area contributed by atoms with Crippen LogP contribution in [0.25, 0.3) is 0 Å². The van der Waals surface area contributed by atoms with E-state index in [2.05, 4.69) is 41.1 Å². The fraction of sp³-hybridized carbons (Fsp3) is 0.417. The molecule has 88 valence electrons. The smallest absolute Gasteiger partial charge is 0.150 e. The van der Waals surface area contributed by atoms with Crippen LogP contribution < -0.4 is 4.90 Å². The molecule has 0 N–H and O–H groups in total. The van der Waals surface area contributed by atoms with Crippen LogP contribution in [0.1, 0.15) is 17.3 Å². The number of thioether (sulfide) groups is 1. The molecule has 0 heterocycles. The van der Waals surface area contributed by atoms with Crippen LogP contribution in [0.4, 0.5) is 5.69 Å². The van der Waals surface area contributed by atoms with E-state index in [1.807, 2.05) is 30.0 Å². The molecule has 0 aliphatic heterocycles. The Morgan fingerprint density at radius 1 is 1.56 bits per heavy atom. The lowest BCUT2D eigenvalue weighted by Crippen LogP contribution is -2.31. The third-order valence-corrected chi connectivity index (χ3v) is 4.01. The number of benzene rings is 1. The quantitative estimate of drug-likeness (QED) is 0.777. The summed E-state index contributed by atoms with van der Waals surface area (Å²) >= 11 is 5.33. The lowest BCUT2D eigenvalue weighted by atomic mass is 10.2. The molecular formula is C12H16BrNOS. The first kappa shape index (κ1) is 13.6. The first-order valence-corrected chi connectivity index (χ1v) is 7.25. The maximum atomic E-state index is 10.6. The molecule has 16 heavy (non-hydrogen) atoms. The summed E-state index contributed by atoms with van der Waals surface area (Å²) in [6.07, 6.45) is 2.97. The fourth-order valence-electron chi connectivity index (χ4n) is 1.47. The molecule has 4 heteroatoms. The van der Waals surface area contributed by atoms with Gasteiger partial charge in [0.15, 0.2) is 0 Å². The third kappa shape index (κ3) is 3.25. The molecule has 2 nitrogen and oxygen atoms in total. The van der Waals surface area contributed by atoms with Gasteiger partial charge in [0.05, 0.1) is 5.69 Å². The van der Waals surface area contributed by atoms with Crippen LogP contribution in [0.2, 0.25) is 0 Å². The largest absolute Gasteiger partial charge is 0.370 e. The molecule has 0 fully saturated rings.